The second-order valence-electron chi connectivity index (χ2n) is 5.64. The van der Waals surface area contributed by atoms with Crippen LogP contribution in [0.1, 0.15) is 24.8 Å². The van der Waals surface area contributed by atoms with Crippen LogP contribution in [-0.4, -0.2) is 29.8 Å². The highest BCUT2D eigenvalue weighted by atomic mass is 79.9. The average Bonchev–Trinajstić information content (AvgIpc) is 2.88. The molecule has 0 amide bonds. The number of thioether (sulfide) groups is 1. The summed E-state index contributed by atoms with van der Waals surface area (Å²) in [6.07, 6.45) is 3.22. The summed E-state index contributed by atoms with van der Waals surface area (Å²) in [5.74, 6) is 2.17. The van der Waals surface area contributed by atoms with Gasteiger partial charge in [-0.3, -0.25) is 0 Å². The van der Waals surface area contributed by atoms with Crippen LogP contribution in [0.2, 0.25) is 0 Å². The molecule has 2 aliphatic heterocycles. The summed E-state index contributed by atoms with van der Waals surface area (Å²) in [7, 11) is 0. The second-order valence-corrected chi connectivity index (χ2v) is 7.66. The maximum Gasteiger partial charge on any atom is 0.127 e. The Morgan fingerprint density at radius 1 is 1.50 bits per heavy atom. The molecule has 2 heterocycles. The topological polar surface area (TPSA) is 21.3 Å². The summed E-state index contributed by atoms with van der Waals surface area (Å²) in [5.41, 5.74) is 0.803. The zero-order valence-electron chi connectivity index (χ0n) is 11.3. The third kappa shape index (κ3) is 3.38. The molecular weight excluding hydrogens is 341 g/mol. The molecule has 1 aromatic carbocycles. The molecule has 0 radical (unpaired) electrons. The molecule has 1 N–H and O–H groups in total. The van der Waals surface area contributed by atoms with Gasteiger partial charge in [-0.15, -0.1) is 0 Å². The fourth-order valence-corrected chi connectivity index (χ4v) is 4.79. The molecule has 0 aliphatic carbocycles. The summed E-state index contributed by atoms with van der Waals surface area (Å²) >= 11 is 5.38. The summed E-state index contributed by atoms with van der Waals surface area (Å²) in [6.45, 7) is 1.40. The van der Waals surface area contributed by atoms with Gasteiger partial charge in [-0.05, 0) is 43.2 Å². The molecule has 2 saturated heterocycles. The molecule has 2 atom stereocenters. The number of ether oxygens (including phenoxy) is 1. The quantitative estimate of drug-likeness (QED) is 0.888. The Hall–Kier alpha value is -0.100. The van der Waals surface area contributed by atoms with E-state index in [2.05, 4.69) is 21.2 Å². The van der Waals surface area contributed by atoms with Crippen LogP contribution in [-0.2, 0) is 11.3 Å². The van der Waals surface area contributed by atoms with Crippen molar-refractivity contribution >= 4 is 27.7 Å². The van der Waals surface area contributed by atoms with Crippen molar-refractivity contribution in [3.63, 3.8) is 0 Å². The minimum absolute atomic E-state index is 0.0798. The van der Waals surface area contributed by atoms with Gasteiger partial charge in [0.05, 0.1) is 5.60 Å². The molecule has 3 rings (SSSR count). The Balaban J connectivity index is 1.59. The summed E-state index contributed by atoms with van der Waals surface area (Å²) < 4.78 is 20.7. The van der Waals surface area contributed by atoms with Crippen LogP contribution in [0, 0.1) is 5.82 Å². The van der Waals surface area contributed by atoms with E-state index in [1.165, 1.54) is 11.8 Å². The molecule has 1 aromatic rings. The van der Waals surface area contributed by atoms with Gasteiger partial charge in [0.15, 0.2) is 0 Å². The largest absolute Gasteiger partial charge is 0.374 e. The zero-order chi connectivity index (χ0) is 14.0. The molecule has 0 saturated carbocycles. The summed E-state index contributed by atoms with van der Waals surface area (Å²) in [5, 5.41) is 3.51. The molecular formula is C15H19BrFNOS. The molecule has 2 fully saturated rings. The van der Waals surface area contributed by atoms with Gasteiger partial charge in [0.1, 0.15) is 5.82 Å². The first-order chi connectivity index (χ1) is 9.67. The van der Waals surface area contributed by atoms with Crippen molar-refractivity contribution in [2.24, 2.45) is 0 Å². The third-order valence-electron chi connectivity index (χ3n) is 4.15. The van der Waals surface area contributed by atoms with Gasteiger partial charge in [0, 0.05) is 35.0 Å². The minimum atomic E-state index is -0.140. The van der Waals surface area contributed by atoms with Crippen LogP contribution in [0.25, 0.3) is 0 Å². The fraction of sp³-hybridized carbons (Fsp3) is 0.600. The number of hydrogen-bond donors (Lipinski definition) is 1. The maximum atomic E-state index is 13.7. The van der Waals surface area contributed by atoms with Crippen LogP contribution in [0.3, 0.4) is 0 Å². The lowest BCUT2D eigenvalue weighted by Gasteiger charge is -2.38. The molecule has 20 heavy (non-hydrogen) atoms. The number of benzene rings is 1. The lowest BCUT2D eigenvalue weighted by Crippen LogP contribution is -2.47. The molecule has 5 heteroatoms. The van der Waals surface area contributed by atoms with E-state index in [1.54, 1.807) is 6.07 Å². The van der Waals surface area contributed by atoms with Gasteiger partial charge < -0.3 is 10.1 Å². The van der Waals surface area contributed by atoms with Crippen molar-refractivity contribution in [3.8, 4) is 0 Å². The van der Waals surface area contributed by atoms with Gasteiger partial charge in [-0.1, -0.05) is 15.9 Å². The predicted octanol–water partition coefficient (Wildman–Crippen LogP) is 3.73. The Morgan fingerprint density at radius 3 is 3.20 bits per heavy atom. The van der Waals surface area contributed by atoms with E-state index in [-0.39, 0.29) is 11.4 Å². The average molecular weight is 360 g/mol. The fourth-order valence-electron chi connectivity index (χ4n) is 3.00. The maximum absolute atomic E-state index is 13.7. The number of halogens is 2. The lowest BCUT2D eigenvalue weighted by molar-refractivity contribution is -0.0703. The van der Waals surface area contributed by atoms with Crippen LogP contribution in [0.4, 0.5) is 4.39 Å². The predicted molar refractivity (Wildman–Crippen MR) is 84.6 cm³/mol. The van der Waals surface area contributed by atoms with Crippen molar-refractivity contribution in [2.45, 2.75) is 37.5 Å². The molecule has 1 spiro atoms. The molecule has 110 valence electrons. The standard InChI is InChI=1S/C15H19BrFNOS/c16-12-1-2-14(17)11(7-12)9-18-13-3-5-19-15(8-13)4-6-20-10-15/h1-2,7,13,18H,3-6,8-10H2. The van der Waals surface area contributed by atoms with Crippen LogP contribution >= 0.6 is 27.7 Å². The normalized spacial score (nSPS) is 30.0. The SMILES string of the molecule is Fc1ccc(Br)cc1CNC1CCOC2(CCSC2)C1. The molecule has 2 aliphatic rings. The Kier molecular flexibility index (Phi) is 4.70. The highest BCUT2D eigenvalue weighted by Gasteiger charge is 2.40. The van der Waals surface area contributed by atoms with E-state index in [4.69, 9.17) is 4.74 Å². The van der Waals surface area contributed by atoms with E-state index < -0.39 is 0 Å². The van der Waals surface area contributed by atoms with E-state index >= 15 is 0 Å². The van der Waals surface area contributed by atoms with Crippen LogP contribution in [0.5, 0.6) is 0 Å². The van der Waals surface area contributed by atoms with Crippen LogP contribution < -0.4 is 5.32 Å². The molecule has 2 unspecified atom stereocenters. The Bertz CT molecular complexity index is 479. The Labute approximate surface area is 132 Å². The third-order valence-corrected chi connectivity index (χ3v) is 5.87. The van der Waals surface area contributed by atoms with Crippen molar-refractivity contribution < 1.29 is 9.13 Å². The van der Waals surface area contributed by atoms with E-state index in [0.29, 0.717) is 12.6 Å². The number of nitrogens with one attached hydrogen (secondary N) is 1. The lowest BCUT2D eigenvalue weighted by atomic mass is 9.90. The van der Waals surface area contributed by atoms with Gasteiger partial charge >= 0.3 is 0 Å². The highest BCUT2D eigenvalue weighted by Crippen LogP contribution is 2.38. The zero-order valence-corrected chi connectivity index (χ0v) is 13.7. The van der Waals surface area contributed by atoms with E-state index in [1.807, 2.05) is 17.8 Å². The highest BCUT2D eigenvalue weighted by molar-refractivity contribution is 9.10. The summed E-state index contributed by atoms with van der Waals surface area (Å²) in [4.78, 5) is 0. The second kappa shape index (κ2) is 6.34. The van der Waals surface area contributed by atoms with Gasteiger partial charge in [-0.25, -0.2) is 4.39 Å². The van der Waals surface area contributed by atoms with Crippen LogP contribution in [0.15, 0.2) is 22.7 Å². The first-order valence-electron chi connectivity index (χ1n) is 7.06. The van der Waals surface area contributed by atoms with Crippen molar-refractivity contribution in [1.29, 1.82) is 0 Å². The van der Waals surface area contributed by atoms with Crippen molar-refractivity contribution in [1.82, 2.24) is 5.32 Å². The molecule has 0 bridgehead atoms. The first kappa shape index (κ1) is 14.8. The minimum Gasteiger partial charge on any atom is -0.374 e. The van der Waals surface area contributed by atoms with Gasteiger partial charge in [0.2, 0.25) is 0 Å². The molecule has 0 aromatic heterocycles. The van der Waals surface area contributed by atoms with Crippen molar-refractivity contribution in [2.75, 3.05) is 18.1 Å². The first-order valence-corrected chi connectivity index (χ1v) is 9.01. The molecule has 2 nitrogen and oxygen atoms in total. The van der Waals surface area contributed by atoms with Crippen molar-refractivity contribution in [3.05, 3.63) is 34.1 Å². The number of rotatable bonds is 3. The Morgan fingerprint density at radius 2 is 2.40 bits per heavy atom. The monoisotopic (exact) mass is 359 g/mol. The number of hydrogen-bond acceptors (Lipinski definition) is 3. The van der Waals surface area contributed by atoms with Gasteiger partial charge in [-0.2, -0.15) is 11.8 Å². The smallest absolute Gasteiger partial charge is 0.127 e. The van der Waals surface area contributed by atoms with E-state index in [0.717, 1.165) is 41.7 Å². The summed E-state index contributed by atoms with van der Waals surface area (Å²) in [6, 6.07) is 5.53. The van der Waals surface area contributed by atoms with Gasteiger partial charge in [0.25, 0.3) is 0 Å². The van der Waals surface area contributed by atoms with E-state index in [9.17, 15) is 4.39 Å².